The predicted octanol–water partition coefficient (Wildman–Crippen LogP) is 2.89. The Hall–Kier alpha value is -13.6. The lowest BCUT2D eigenvalue weighted by molar-refractivity contribution is -0.142. The molecule has 0 saturated carbocycles. The topological polar surface area (TPSA) is 571 Å². The number of nitrogens with zero attached hydrogens (tertiary/aromatic N) is 4. The van der Waals surface area contributed by atoms with Crippen LogP contribution in [0, 0.1) is 7.14 Å². The number of phenolic OH excluding ortho intramolecular Hbond substituents is 2. The minimum Gasteiger partial charge on any atom is -0.507 e. The summed E-state index contributed by atoms with van der Waals surface area (Å²) < 4.78 is 5.52. The number of hydrogen-bond donors (Lipinski definition) is 18. The number of carboxylic acids is 2. The monoisotopic (exact) mass is 2000 g/mol. The lowest BCUT2D eigenvalue weighted by atomic mass is 10.00. The molecule has 2 aliphatic rings. The number of carboxylic acid groups (broad SMARTS) is 2. The van der Waals surface area contributed by atoms with Gasteiger partial charge in [-0.3, -0.25) is 67.5 Å². The third-order valence-corrected chi connectivity index (χ3v) is 22.8. The summed E-state index contributed by atoms with van der Waals surface area (Å²) in [5.74, 6) is -8.27. The van der Waals surface area contributed by atoms with Crippen LogP contribution in [0.3, 0.4) is 0 Å². The molecule has 2 aliphatic heterocycles. The summed E-state index contributed by atoms with van der Waals surface area (Å²) in [5.41, 5.74) is 20.5. The highest BCUT2D eigenvalue weighted by Gasteiger charge is 2.39. The van der Waals surface area contributed by atoms with Crippen LogP contribution in [0.15, 0.2) is 180 Å². The van der Waals surface area contributed by atoms with Gasteiger partial charge < -0.3 is 111 Å². The van der Waals surface area contributed by atoms with Gasteiger partial charge in [-0.15, -0.1) is 0 Å². The van der Waals surface area contributed by atoms with Crippen LogP contribution in [0.1, 0.15) is 105 Å². The van der Waals surface area contributed by atoms with E-state index in [2.05, 4.69) is 73.2 Å². The molecule has 129 heavy (non-hydrogen) atoms. The molecule has 0 spiro atoms. The maximum Gasteiger partial charge on any atom is 0.335 e. The van der Waals surface area contributed by atoms with Crippen LogP contribution < -0.4 is 80.4 Å². The van der Waals surface area contributed by atoms with Gasteiger partial charge in [-0.05, 0) is 220 Å². The molecule has 11 amide bonds. The van der Waals surface area contributed by atoms with Gasteiger partial charge >= 0.3 is 11.9 Å². The molecule has 8 aromatic carbocycles. The average molecular weight is 2000 g/mol. The van der Waals surface area contributed by atoms with E-state index in [1.807, 2.05) is 130 Å². The first-order chi connectivity index (χ1) is 61.8. The fraction of sp³-hybridized carbons (Fsp3) is 0.333. The Morgan fingerprint density at radius 1 is 0.442 bits per heavy atom. The highest BCUT2D eigenvalue weighted by molar-refractivity contribution is 14.1. The van der Waals surface area contributed by atoms with Crippen molar-refractivity contribution in [3.05, 3.63) is 216 Å². The lowest BCUT2D eigenvalue weighted by Gasteiger charge is -2.32. The summed E-state index contributed by atoms with van der Waals surface area (Å²) in [6, 6.07) is 38.0. The second-order valence-electron chi connectivity index (χ2n) is 30.2. The zero-order valence-corrected chi connectivity index (χ0v) is 75.6. The van der Waals surface area contributed by atoms with Crippen molar-refractivity contribution in [1.29, 1.82) is 0 Å². The number of aliphatic imine (C=N–C) groups is 2. The SMILES string of the molecule is CN=C(N)NCCC[C@@H]1NC(=O)[C@@H](CCCN)N(C)C(=O)[C@@H](Cc2ccc(O)c(I)c2)NC(=O)CNC(=O)[C@H](Cc2ccc3ccccc3c2)NC1=O.CN=C(N)NCCC[C@@H]1NC(=O)[C@@H](CCCNC(=O)c2ccc(C(=O)O)cc2)N(C)C(=O)[C@@H](Cc2ccc(O)c(I)c2)NC(=O)CNC(=O)[C@H](Cc2ccc3ccccc3c2)NC1=O.O=COc1ccc(C(=O)O)cc1. The number of carbonyl (C=O) groups excluding carboxylic acids is 12. The zero-order valence-electron chi connectivity index (χ0n) is 71.3. The Morgan fingerprint density at radius 3 is 1.19 bits per heavy atom. The van der Waals surface area contributed by atoms with Gasteiger partial charge in [0.15, 0.2) is 11.9 Å². The largest absolute Gasteiger partial charge is 0.507 e. The Kier molecular flexibility index (Phi) is 39.6. The van der Waals surface area contributed by atoms with E-state index in [0.29, 0.717) is 49.8 Å². The van der Waals surface area contributed by atoms with Crippen LogP contribution in [0.4, 0.5) is 0 Å². The summed E-state index contributed by atoms with van der Waals surface area (Å²) >= 11 is 3.91. The Labute approximate surface area is 770 Å². The molecule has 8 aromatic rings. The van der Waals surface area contributed by atoms with Crippen molar-refractivity contribution in [1.82, 2.24) is 68.3 Å². The van der Waals surface area contributed by atoms with Gasteiger partial charge in [-0.25, -0.2) is 9.59 Å². The van der Waals surface area contributed by atoms with Crippen molar-refractivity contribution < 1.29 is 92.3 Å². The number of aromatic carboxylic acids is 2. The smallest absolute Gasteiger partial charge is 0.335 e. The highest BCUT2D eigenvalue weighted by atomic mass is 127. The van der Waals surface area contributed by atoms with Crippen LogP contribution in [0.25, 0.3) is 21.5 Å². The van der Waals surface area contributed by atoms with Gasteiger partial charge in [0, 0.05) is 79.1 Å². The van der Waals surface area contributed by atoms with E-state index in [9.17, 15) is 82.4 Å². The molecule has 0 aromatic heterocycles. The van der Waals surface area contributed by atoms with Crippen molar-refractivity contribution in [3.8, 4) is 17.2 Å². The van der Waals surface area contributed by atoms with Crippen molar-refractivity contribution in [2.24, 2.45) is 27.2 Å². The molecule has 21 N–H and O–H groups in total. The summed E-state index contributed by atoms with van der Waals surface area (Å²) in [6.07, 6.45) is 1.82. The second kappa shape index (κ2) is 50.7. The summed E-state index contributed by atoms with van der Waals surface area (Å²) in [5, 5.41) is 72.4. The van der Waals surface area contributed by atoms with E-state index in [0.717, 1.165) is 32.7 Å². The number of phenols is 2. The van der Waals surface area contributed by atoms with Gasteiger partial charge in [-0.1, -0.05) is 97.1 Å². The zero-order chi connectivity index (χ0) is 93.8. The third kappa shape index (κ3) is 31.5. The van der Waals surface area contributed by atoms with Gasteiger partial charge in [0.2, 0.25) is 59.1 Å². The van der Waals surface area contributed by atoms with E-state index in [1.54, 1.807) is 24.3 Å². The Morgan fingerprint density at radius 2 is 0.798 bits per heavy atom. The summed E-state index contributed by atoms with van der Waals surface area (Å²) in [6.45, 7) is 0.206. The number of carbonyl (C=O) groups is 14. The van der Waals surface area contributed by atoms with Crippen molar-refractivity contribution >= 4 is 162 Å². The average Bonchev–Trinajstić information content (AvgIpc) is 1.74. The van der Waals surface area contributed by atoms with Crippen molar-refractivity contribution in [2.45, 2.75) is 125 Å². The van der Waals surface area contributed by atoms with Gasteiger partial charge in [-0.2, -0.15) is 0 Å². The minimum absolute atomic E-state index is 0.00585. The minimum atomic E-state index is -1.25. The van der Waals surface area contributed by atoms with E-state index >= 15 is 0 Å². The Balaban J connectivity index is 0.000000285. The molecule has 0 aliphatic carbocycles. The molecule has 39 heteroatoms. The van der Waals surface area contributed by atoms with Crippen LogP contribution >= 0.6 is 45.2 Å². The molecule has 0 bridgehead atoms. The third-order valence-electron chi connectivity index (χ3n) is 21.0. The highest BCUT2D eigenvalue weighted by Crippen LogP contribution is 2.26. The number of halogens is 2. The predicted molar refractivity (Wildman–Crippen MR) is 498 cm³/mol. The number of nitrogens with one attached hydrogen (secondary N) is 11. The molecule has 684 valence electrons. The fourth-order valence-corrected chi connectivity index (χ4v) is 15.1. The van der Waals surface area contributed by atoms with Crippen molar-refractivity contribution in [3.63, 3.8) is 0 Å². The lowest BCUT2D eigenvalue weighted by Crippen LogP contribution is -2.58. The summed E-state index contributed by atoms with van der Waals surface area (Å²) in [4.78, 5) is 195. The molecule has 8 atom stereocenters. The van der Waals surface area contributed by atoms with Gasteiger partial charge in [0.05, 0.1) is 31.4 Å². The number of nitrogens with two attached hydrogens (primary N) is 3. The van der Waals surface area contributed by atoms with Gasteiger partial charge in [0.25, 0.3) is 12.4 Å². The summed E-state index contributed by atoms with van der Waals surface area (Å²) in [7, 11) is 5.92. The standard InChI is InChI=1S/C45H52IN9O9.C37H48IN9O6.C8H6O4/c1-48-45(47)50-20-5-9-33-41(60)54-34(23-26-11-13-28-7-3-4-8-31(28)21-26)40(59)51-25-38(57)52-35(24-27-12-18-37(56)32(46)22-27)43(62)55(2)36(42(61)53-33)10-6-19-49-39(58)29-14-16-30(17-15-29)44(63)64;1-41-37(40)42-16-6-9-27-34(51)46-28(19-22-11-13-24-7-3-4-8-25(24)17-22)33(50)43-21-32(49)44-29(20-23-12-14-31(48)26(38)18-23)36(53)47(2)30(10-5-15-39)35(52)45-27;9-5-12-7-3-1-6(2-4-7)8(10)11/h3-4,7-8,11-18,21-22,33-36,56H,5-6,9-10,19-20,23-25H2,1-2H3,(H,49,58)(H,51,59)(H,52,57)(H,53,61)(H,54,60)(H,63,64)(H3,47,48,50);3-4,7-8,11-14,17-18,27-30,48H,5-6,9-10,15-16,19-21,39H2,1-2H3,(H,43,50)(H,44,49)(H,45,52)(H,46,51)(H3,40,41,42);1-5H,(H,10,11)/t33-,34-,35+,36+;27-,28-,29+,30+;/m00./s1. The molecule has 37 nitrogen and oxygen atoms in total. The first-order valence-electron chi connectivity index (χ1n) is 41.2. The molecular formula is C90H106I2N18O19. The molecule has 0 unspecified atom stereocenters. The quantitative estimate of drug-likeness (QED) is 0.0110. The molecule has 2 saturated heterocycles. The number of likely N-dealkylation sites (N-methyl/N-ethyl adjacent to an activating group) is 2. The molecule has 10 rings (SSSR count). The maximum absolute atomic E-state index is 14.5. The number of fused-ring (bicyclic) bond motifs is 2. The van der Waals surface area contributed by atoms with Gasteiger partial charge in [0.1, 0.15) is 65.6 Å². The van der Waals surface area contributed by atoms with E-state index < -0.39 is 138 Å². The normalized spacial score (nSPS) is 18.9. The number of ether oxygens (including phenoxy) is 1. The first-order valence-corrected chi connectivity index (χ1v) is 43.4. The van der Waals surface area contributed by atoms with E-state index in [4.69, 9.17) is 22.3 Å². The van der Waals surface area contributed by atoms with Crippen LogP contribution in [-0.4, -0.2) is 241 Å². The van der Waals surface area contributed by atoms with Crippen molar-refractivity contribution in [2.75, 3.05) is 67.5 Å². The number of benzene rings is 8. The number of aromatic hydroxyl groups is 2. The molecule has 0 radical (unpaired) electrons. The van der Waals surface area contributed by atoms with Crippen LogP contribution in [-0.2, 0) is 78.4 Å². The molecular weight excluding hydrogens is 1890 g/mol. The molecule has 2 fully saturated rings. The Bertz CT molecular complexity index is 5400. The van der Waals surface area contributed by atoms with Crippen LogP contribution in [0.2, 0.25) is 0 Å². The number of rotatable bonds is 28. The number of amides is 11. The van der Waals surface area contributed by atoms with E-state index in [-0.39, 0.29) is 124 Å². The maximum atomic E-state index is 14.5. The number of guanidine groups is 2. The molecule has 2 heterocycles. The van der Waals surface area contributed by atoms with E-state index in [1.165, 1.54) is 98.7 Å². The first kappa shape index (κ1) is 101. The second-order valence-corrected chi connectivity index (χ2v) is 32.5. The number of hydrogen-bond acceptors (Lipinski definition) is 20. The fourth-order valence-electron chi connectivity index (χ4n) is 13.9. The van der Waals surface area contributed by atoms with Crippen LogP contribution in [0.5, 0.6) is 17.2 Å².